The number of aliphatic hydroxyl groups excluding tert-OH is 1. The first-order chi connectivity index (χ1) is 9.75. The van der Waals surface area contributed by atoms with Crippen LogP contribution in [0.3, 0.4) is 0 Å². The number of hydrogen-bond donors (Lipinski definition) is 1. The second-order valence-electron chi connectivity index (χ2n) is 5.91. The molecule has 6 heteroatoms. The standard InChI is InChI=1S/C14H24N2O4/c17-13-10-16(14(18)11-1-5-19-6-2-11)9-12(13)15-3-7-20-8-4-15/h11-13,17H,1-10H2/t12-,13-/m1/s1. The molecule has 3 aliphatic rings. The van der Waals surface area contributed by atoms with E-state index in [0.717, 1.165) is 39.1 Å². The average molecular weight is 284 g/mol. The summed E-state index contributed by atoms with van der Waals surface area (Å²) in [6, 6.07) is 0.0719. The van der Waals surface area contributed by atoms with Gasteiger partial charge in [-0.15, -0.1) is 0 Å². The molecular weight excluding hydrogens is 260 g/mol. The van der Waals surface area contributed by atoms with Crippen molar-refractivity contribution >= 4 is 5.91 Å². The number of nitrogens with zero attached hydrogens (tertiary/aromatic N) is 2. The summed E-state index contributed by atoms with van der Waals surface area (Å²) in [7, 11) is 0. The molecule has 1 amide bonds. The highest BCUT2D eigenvalue weighted by molar-refractivity contribution is 5.79. The lowest BCUT2D eigenvalue weighted by molar-refractivity contribution is -0.137. The number of carbonyl (C=O) groups is 1. The Morgan fingerprint density at radius 1 is 1.00 bits per heavy atom. The first kappa shape index (κ1) is 14.3. The quantitative estimate of drug-likeness (QED) is 0.728. The van der Waals surface area contributed by atoms with Gasteiger partial charge in [-0.2, -0.15) is 0 Å². The summed E-state index contributed by atoms with van der Waals surface area (Å²) in [6.45, 7) is 5.62. The normalized spacial score (nSPS) is 33.5. The summed E-state index contributed by atoms with van der Waals surface area (Å²) < 4.78 is 10.7. The van der Waals surface area contributed by atoms with E-state index in [2.05, 4.69) is 4.90 Å². The molecule has 0 saturated carbocycles. The SMILES string of the molecule is O=C(C1CCOCC1)N1C[C@@H](O)[C@H](N2CCOCC2)C1. The monoisotopic (exact) mass is 284 g/mol. The van der Waals surface area contributed by atoms with E-state index in [9.17, 15) is 9.90 Å². The van der Waals surface area contributed by atoms with Crippen LogP contribution in [0.2, 0.25) is 0 Å². The van der Waals surface area contributed by atoms with Crippen LogP contribution in [0, 0.1) is 5.92 Å². The highest BCUT2D eigenvalue weighted by Gasteiger charge is 2.39. The van der Waals surface area contributed by atoms with E-state index in [4.69, 9.17) is 9.47 Å². The third-order valence-corrected chi connectivity index (χ3v) is 4.66. The van der Waals surface area contributed by atoms with Crippen molar-refractivity contribution in [1.82, 2.24) is 9.80 Å². The minimum absolute atomic E-state index is 0.0719. The van der Waals surface area contributed by atoms with E-state index in [1.54, 1.807) is 0 Å². The number of aliphatic hydroxyl groups is 1. The molecule has 3 aliphatic heterocycles. The number of β-amino-alcohol motifs (C(OH)–C–C–N with tert-alkyl or cyclic N) is 1. The maximum atomic E-state index is 12.5. The first-order valence-corrected chi connectivity index (χ1v) is 7.62. The van der Waals surface area contributed by atoms with Crippen molar-refractivity contribution in [3.63, 3.8) is 0 Å². The summed E-state index contributed by atoms with van der Waals surface area (Å²) in [6.07, 6.45) is 1.19. The molecule has 1 N–H and O–H groups in total. The second kappa shape index (κ2) is 6.39. The molecule has 3 saturated heterocycles. The van der Waals surface area contributed by atoms with Crippen LogP contribution >= 0.6 is 0 Å². The Labute approximate surface area is 119 Å². The number of likely N-dealkylation sites (tertiary alicyclic amines) is 1. The van der Waals surface area contributed by atoms with Crippen molar-refractivity contribution in [1.29, 1.82) is 0 Å². The molecule has 0 spiro atoms. The molecular formula is C14H24N2O4. The zero-order valence-electron chi connectivity index (χ0n) is 11.9. The van der Waals surface area contributed by atoms with Gasteiger partial charge in [-0.25, -0.2) is 0 Å². The molecule has 0 aromatic carbocycles. The maximum Gasteiger partial charge on any atom is 0.226 e. The van der Waals surface area contributed by atoms with Gasteiger partial charge in [0.25, 0.3) is 0 Å². The Kier molecular flexibility index (Phi) is 4.55. The molecule has 0 aliphatic carbocycles. The Bertz CT molecular complexity index is 340. The molecule has 3 rings (SSSR count). The van der Waals surface area contributed by atoms with Crippen LogP contribution in [0.4, 0.5) is 0 Å². The molecule has 6 nitrogen and oxygen atoms in total. The summed E-state index contributed by atoms with van der Waals surface area (Å²) in [5.41, 5.74) is 0. The fourth-order valence-corrected chi connectivity index (χ4v) is 3.42. The number of amides is 1. The van der Waals surface area contributed by atoms with Gasteiger partial charge in [0.05, 0.1) is 25.4 Å². The largest absolute Gasteiger partial charge is 0.390 e. The van der Waals surface area contributed by atoms with Gasteiger partial charge in [0.15, 0.2) is 0 Å². The van der Waals surface area contributed by atoms with Crippen LogP contribution in [-0.2, 0) is 14.3 Å². The van der Waals surface area contributed by atoms with E-state index in [0.29, 0.717) is 26.3 Å². The zero-order valence-corrected chi connectivity index (χ0v) is 11.9. The molecule has 3 heterocycles. The van der Waals surface area contributed by atoms with Gasteiger partial charge in [0.2, 0.25) is 5.91 Å². The van der Waals surface area contributed by atoms with Crippen LogP contribution in [0.5, 0.6) is 0 Å². The van der Waals surface area contributed by atoms with Crippen LogP contribution < -0.4 is 0 Å². The van der Waals surface area contributed by atoms with Crippen molar-refractivity contribution in [3.05, 3.63) is 0 Å². The van der Waals surface area contributed by atoms with Crippen molar-refractivity contribution in [2.24, 2.45) is 5.92 Å². The lowest BCUT2D eigenvalue weighted by atomic mass is 9.99. The summed E-state index contributed by atoms with van der Waals surface area (Å²) in [5, 5.41) is 10.3. The molecule has 114 valence electrons. The lowest BCUT2D eigenvalue weighted by Crippen LogP contribution is -2.49. The third kappa shape index (κ3) is 2.98. The number of morpholine rings is 1. The smallest absolute Gasteiger partial charge is 0.226 e. The summed E-state index contributed by atoms with van der Waals surface area (Å²) in [4.78, 5) is 16.6. The lowest BCUT2D eigenvalue weighted by Gasteiger charge is -2.33. The topological polar surface area (TPSA) is 62.2 Å². The number of rotatable bonds is 2. The molecule has 0 radical (unpaired) electrons. The van der Waals surface area contributed by atoms with Crippen molar-refractivity contribution in [2.75, 3.05) is 52.6 Å². The fourth-order valence-electron chi connectivity index (χ4n) is 3.42. The van der Waals surface area contributed by atoms with E-state index in [1.807, 2.05) is 4.90 Å². The van der Waals surface area contributed by atoms with Gasteiger partial charge >= 0.3 is 0 Å². The van der Waals surface area contributed by atoms with E-state index < -0.39 is 6.10 Å². The van der Waals surface area contributed by atoms with Crippen LogP contribution in [-0.4, -0.2) is 85.6 Å². The molecule has 2 atom stereocenters. The van der Waals surface area contributed by atoms with Crippen molar-refractivity contribution < 1.29 is 19.4 Å². The summed E-state index contributed by atoms with van der Waals surface area (Å²) >= 11 is 0. The fraction of sp³-hybridized carbons (Fsp3) is 0.929. The molecule has 3 fully saturated rings. The molecule has 0 aromatic rings. The predicted molar refractivity (Wildman–Crippen MR) is 72.3 cm³/mol. The zero-order chi connectivity index (χ0) is 13.9. The van der Waals surface area contributed by atoms with Gasteiger partial charge in [-0.3, -0.25) is 9.69 Å². The molecule has 0 unspecified atom stereocenters. The minimum Gasteiger partial charge on any atom is -0.390 e. The average Bonchev–Trinajstić information content (AvgIpc) is 2.90. The Morgan fingerprint density at radius 3 is 2.35 bits per heavy atom. The summed E-state index contributed by atoms with van der Waals surface area (Å²) in [5.74, 6) is 0.280. The Hall–Kier alpha value is -0.690. The van der Waals surface area contributed by atoms with Gasteiger partial charge in [-0.05, 0) is 12.8 Å². The van der Waals surface area contributed by atoms with Crippen LogP contribution in [0.1, 0.15) is 12.8 Å². The van der Waals surface area contributed by atoms with Crippen molar-refractivity contribution in [3.8, 4) is 0 Å². The highest BCUT2D eigenvalue weighted by atomic mass is 16.5. The van der Waals surface area contributed by atoms with Crippen molar-refractivity contribution in [2.45, 2.75) is 25.0 Å². The number of carbonyl (C=O) groups excluding carboxylic acids is 1. The highest BCUT2D eigenvalue weighted by Crippen LogP contribution is 2.23. The van der Waals surface area contributed by atoms with Gasteiger partial charge in [0, 0.05) is 45.3 Å². The van der Waals surface area contributed by atoms with Crippen LogP contribution in [0.15, 0.2) is 0 Å². The number of ether oxygens (including phenoxy) is 2. The minimum atomic E-state index is -0.433. The number of hydrogen-bond acceptors (Lipinski definition) is 5. The first-order valence-electron chi connectivity index (χ1n) is 7.62. The van der Waals surface area contributed by atoms with E-state index in [1.165, 1.54) is 0 Å². The maximum absolute atomic E-state index is 12.5. The second-order valence-corrected chi connectivity index (χ2v) is 5.91. The Morgan fingerprint density at radius 2 is 1.65 bits per heavy atom. The van der Waals surface area contributed by atoms with Gasteiger partial charge < -0.3 is 19.5 Å². The Balaban J connectivity index is 1.57. The molecule has 20 heavy (non-hydrogen) atoms. The van der Waals surface area contributed by atoms with E-state index >= 15 is 0 Å². The molecule has 0 aromatic heterocycles. The predicted octanol–water partition coefficient (Wildman–Crippen LogP) is -0.683. The van der Waals surface area contributed by atoms with Crippen LogP contribution in [0.25, 0.3) is 0 Å². The van der Waals surface area contributed by atoms with Gasteiger partial charge in [0.1, 0.15) is 0 Å². The van der Waals surface area contributed by atoms with Gasteiger partial charge in [-0.1, -0.05) is 0 Å². The van der Waals surface area contributed by atoms with E-state index in [-0.39, 0.29) is 17.9 Å². The third-order valence-electron chi connectivity index (χ3n) is 4.66. The molecule has 0 bridgehead atoms.